The summed E-state index contributed by atoms with van der Waals surface area (Å²) in [6.07, 6.45) is 0. The normalized spacial score (nSPS) is 11.8. The highest BCUT2D eigenvalue weighted by atomic mass is 32.2. The van der Waals surface area contributed by atoms with Crippen LogP contribution in [-0.2, 0) is 11.1 Å². The Morgan fingerprint density at radius 2 is 1.58 bits per heavy atom. The molecule has 0 radical (unpaired) electrons. The third-order valence-corrected chi connectivity index (χ3v) is 3.34. The van der Waals surface area contributed by atoms with E-state index in [0.29, 0.717) is 17.3 Å². The van der Waals surface area contributed by atoms with Gasteiger partial charge in [0.1, 0.15) is 17.2 Å². The van der Waals surface area contributed by atoms with Crippen molar-refractivity contribution in [2.75, 3.05) is 6.61 Å². The molecule has 5 heteroatoms. The van der Waals surface area contributed by atoms with Crippen LogP contribution in [0.15, 0.2) is 53.4 Å². The van der Waals surface area contributed by atoms with Gasteiger partial charge in [0.2, 0.25) is 11.1 Å². The Bertz CT molecular complexity index is 549. The number of aromatic hydroxyl groups is 1. The Kier molecular flexibility index (Phi) is 4.41. The standard InChI is InChI=1S/C14H14O4S/c1-2-17-12-5-7-13(8-6-12)18-19(16)14-9-3-11(15)4-10-14/h3-10,15H,2H2,1H3. The molecule has 0 bridgehead atoms. The summed E-state index contributed by atoms with van der Waals surface area (Å²) in [5.41, 5.74) is 0. The van der Waals surface area contributed by atoms with Crippen LogP contribution in [0.2, 0.25) is 0 Å². The fourth-order valence-corrected chi connectivity index (χ4v) is 2.19. The maximum atomic E-state index is 11.9. The van der Waals surface area contributed by atoms with Crippen molar-refractivity contribution in [1.82, 2.24) is 0 Å². The maximum Gasteiger partial charge on any atom is 0.240 e. The first-order valence-electron chi connectivity index (χ1n) is 5.81. The van der Waals surface area contributed by atoms with Crippen molar-refractivity contribution in [1.29, 1.82) is 0 Å². The summed E-state index contributed by atoms with van der Waals surface area (Å²) in [7, 11) is 0. The van der Waals surface area contributed by atoms with E-state index in [-0.39, 0.29) is 5.75 Å². The van der Waals surface area contributed by atoms with E-state index in [1.54, 1.807) is 36.4 Å². The van der Waals surface area contributed by atoms with Crippen LogP contribution in [0.3, 0.4) is 0 Å². The first-order valence-corrected chi connectivity index (χ1v) is 6.88. The van der Waals surface area contributed by atoms with Crippen molar-refractivity contribution in [3.8, 4) is 17.2 Å². The Labute approximate surface area is 114 Å². The van der Waals surface area contributed by atoms with Crippen molar-refractivity contribution in [2.45, 2.75) is 11.8 Å². The smallest absolute Gasteiger partial charge is 0.240 e. The lowest BCUT2D eigenvalue weighted by Gasteiger charge is -2.06. The number of hydrogen-bond acceptors (Lipinski definition) is 4. The van der Waals surface area contributed by atoms with Crippen LogP contribution in [-0.4, -0.2) is 15.9 Å². The van der Waals surface area contributed by atoms with Crippen LogP contribution < -0.4 is 8.92 Å². The summed E-state index contributed by atoms with van der Waals surface area (Å²) < 4.78 is 22.5. The highest BCUT2D eigenvalue weighted by Crippen LogP contribution is 2.21. The van der Waals surface area contributed by atoms with Crippen LogP contribution in [0.25, 0.3) is 0 Å². The second-order valence-corrected chi connectivity index (χ2v) is 4.82. The zero-order valence-electron chi connectivity index (χ0n) is 10.4. The van der Waals surface area contributed by atoms with Gasteiger partial charge in [-0.15, -0.1) is 0 Å². The molecule has 0 aliphatic carbocycles. The van der Waals surface area contributed by atoms with Crippen molar-refractivity contribution in [2.24, 2.45) is 0 Å². The summed E-state index contributed by atoms with van der Waals surface area (Å²) in [5.74, 6) is 1.36. The van der Waals surface area contributed by atoms with Gasteiger partial charge in [-0.2, -0.15) is 0 Å². The van der Waals surface area contributed by atoms with E-state index in [4.69, 9.17) is 14.0 Å². The molecule has 2 rings (SSSR count). The van der Waals surface area contributed by atoms with E-state index in [0.717, 1.165) is 5.75 Å². The zero-order chi connectivity index (χ0) is 13.7. The average molecular weight is 278 g/mol. The van der Waals surface area contributed by atoms with Crippen molar-refractivity contribution in [3.63, 3.8) is 0 Å². The Balaban J connectivity index is 2.04. The van der Waals surface area contributed by atoms with Crippen molar-refractivity contribution in [3.05, 3.63) is 48.5 Å². The van der Waals surface area contributed by atoms with Crippen LogP contribution in [0, 0.1) is 0 Å². The second-order valence-electron chi connectivity index (χ2n) is 3.72. The average Bonchev–Trinajstić information content (AvgIpc) is 2.42. The van der Waals surface area contributed by atoms with Gasteiger partial charge < -0.3 is 14.0 Å². The van der Waals surface area contributed by atoms with Crippen LogP contribution in [0.4, 0.5) is 0 Å². The molecule has 0 spiro atoms. The lowest BCUT2D eigenvalue weighted by atomic mass is 10.3. The number of ether oxygens (including phenoxy) is 1. The molecule has 0 fully saturated rings. The summed E-state index contributed by atoms with van der Waals surface area (Å²) in [6.45, 7) is 2.50. The Morgan fingerprint density at radius 1 is 1.00 bits per heavy atom. The molecule has 1 atom stereocenters. The summed E-state index contributed by atoms with van der Waals surface area (Å²) in [4.78, 5) is 0.492. The number of rotatable bonds is 5. The molecule has 1 unspecified atom stereocenters. The predicted octanol–water partition coefficient (Wildman–Crippen LogP) is 2.89. The second kappa shape index (κ2) is 6.24. The highest BCUT2D eigenvalue weighted by molar-refractivity contribution is 7.80. The molecule has 0 aliphatic rings. The number of hydrogen-bond donors (Lipinski definition) is 1. The SMILES string of the molecule is CCOc1ccc(OS(=O)c2ccc(O)cc2)cc1. The molecule has 2 aromatic rings. The number of phenolic OH excluding ortho intramolecular Hbond substituents is 1. The van der Waals surface area contributed by atoms with Gasteiger partial charge in [0.15, 0.2) is 0 Å². The Morgan fingerprint density at radius 3 is 2.16 bits per heavy atom. The third-order valence-electron chi connectivity index (χ3n) is 2.34. The molecule has 2 aromatic carbocycles. The molecule has 0 amide bonds. The molecule has 0 heterocycles. The summed E-state index contributed by atoms with van der Waals surface area (Å²) in [5, 5.41) is 9.16. The number of phenols is 1. The van der Waals surface area contributed by atoms with E-state index >= 15 is 0 Å². The van der Waals surface area contributed by atoms with E-state index < -0.39 is 11.1 Å². The molecule has 19 heavy (non-hydrogen) atoms. The number of benzene rings is 2. The molecular weight excluding hydrogens is 264 g/mol. The first-order chi connectivity index (χ1) is 9.19. The van der Waals surface area contributed by atoms with Gasteiger partial charge in [0.05, 0.1) is 11.5 Å². The fraction of sp³-hybridized carbons (Fsp3) is 0.143. The molecule has 1 N–H and O–H groups in total. The lowest BCUT2D eigenvalue weighted by molar-refractivity contribution is 0.340. The first kappa shape index (κ1) is 13.4. The van der Waals surface area contributed by atoms with Gasteiger partial charge in [-0.1, -0.05) is 0 Å². The molecule has 4 nitrogen and oxygen atoms in total. The van der Waals surface area contributed by atoms with Crippen molar-refractivity contribution >= 4 is 11.1 Å². The molecule has 0 saturated heterocycles. The van der Waals surface area contributed by atoms with Crippen LogP contribution in [0.5, 0.6) is 17.2 Å². The zero-order valence-corrected chi connectivity index (χ0v) is 11.2. The molecule has 0 saturated carbocycles. The molecule has 0 aliphatic heterocycles. The largest absolute Gasteiger partial charge is 0.508 e. The lowest BCUT2D eigenvalue weighted by Crippen LogP contribution is -2.00. The minimum Gasteiger partial charge on any atom is -0.508 e. The predicted molar refractivity (Wildman–Crippen MR) is 72.8 cm³/mol. The van der Waals surface area contributed by atoms with E-state index in [1.807, 2.05) is 6.92 Å². The Hall–Kier alpha value is -2.01. The van der Waals surface area contributed by atoms with Gasteiger partial charge in [-0.3, -0.25) is 0 Å². The topological polar surface area (TPSA) is 55.8 Å². The minimum atomic E-state index is -1.60. The maximum absolute atomic E-state index is 11.9. The summed E-state index contributed by atoms with van der Waals surface area (Å²) in [6, 6.07) is 13.0. The fourth-order valence-electron chi connectivity index (χ4n) is 1.45. The van der Waals surface area contributed by atoms with Crippen molar-refractivity contribution < 1.29 is 18.2 Å². The van der Waals surface area contributed by atoms with E-state index in [1.165, 1.54) is 12.1 Å². The van der Waals surface area contributed by atoms with E-state index in [9.17, 15) is 4.21 Å². The van der Waals surface area contributed by atoms with Gasteiger partial charge in [-0.25, -0.2) is 4.21 Å². The third kappa shape index (κ3) is 3.72. The van der Waals surface area contributed by atoms with Crippen LogP contribution >= 0.6 is 0 Å². The molecule has 0 aromatic heterocycles. The van der Waals surface area contributed by atoms with Crippen LogP contribution in [0.1, 0.15) is 6.92 Å². The van der Waals surface area contributed by atoms with E-state index in [2.05, 4.69) is 0 Å². The van der Waals surface area contributed by atoms with Gasteiger partial charge in [0.25, 0.3) is 0 Å². The molecule has 100 valence electrons. The van der Waals surface area contributed by atoms with Gasteiger partial charge in [-0.05, 0) is 55.5 Å². The van der Waals surface area contributed by atoms with Gasteiger partial charge >= 0.3 is 0 Å². The minimum absolute atomic E-state index is 0.127. The quantitative estimate of drug-likeness (QED) is 0.913. The highest BCUT2D eigenvalue weighted by Gasteiger charge is 2.06. The monoisotopic (exact) mass is 278 g/mol. The van der Waals surface area contributed by atoms with Gasteiger partial charge in [0, 0.05) is 0 Å². The molecular formula is C14H14O4S. The summed E-state index contributed by atoms with van der Waals surface area (Å²) >= 11 is -1.60.